The lowest BCUT2D eigenvalue weighted by atomic mass is 10.1. The smallest absolute Gasteiger partial charge is 0.310 e. The van der Waals surface area contributed by atoms with Crippen LogP contribution in [0.2, 0.25) is 5.02 Å². The number of halogens is 1. The molecule has 0 saturated heterocycles. The molecule has 0 aromatic heterocycles. The fraction of sp³-hybridized carbons (Fsp3) is 0.222. The van der Waals surface area contributed by atoms with Crippen molar-refractivity contribution in [3.63, 3.8) is 0 Å². The predicted octanol–water partition coefficient (Wildman–Crippen LogP) is 2.75. The van der Waals surface area contributed by atoms with E-state index in [4.69, 9.17) is 21.1 Å². The van der Waals surface area contributed by atoms with Crippen LogP contribution in [0.1, 0.15) is 11.1 Å². The van der Waals surface area contributed by atoms with Gasteiger partial charge in [-0.15, -0.1) is 0 Å². The average Bonchev–Trinajstić information content (AvgIpc) is 2.60. The summed E-state index contributed by atoms with van der Waals surface area (Å²) in [4.78, 5) is 23.5. The van der Waals surface area contributed by atoms with Crippen molar-refractivity contribution in [2.24, 2.45) is 0 Å². The lowest BCUT2D eigenvalue weighted by molar-refractivity contribution is -0.147. The van der Waals surface area contributed by atoms with Gasteiger partial charge in [0.25, 0.3) is 5.91 Å². The Bertz CT molecular complexity index is 700. The van der Waals surface area contributed by atoms with Crippen molar-refractivity contribution in [3.05, 3.63) is 64.7 Å². The molecule has 6 heteroatoms. The Morgan fingerprint density at radius 2 is 1.79 bits per heavy atom. The standard InChI is InChI=1S/C18H18ClNO4/c1-23-15-8-6-13(7-9-15)11-20-17(21)12-24-18(22)10-14-4-2-3-5-16(14)19/h2-9H,10-12H2,1H3,(H,20,21). The molecule has 24 heavy (non-hydrogen) atoms. The Morgan fingerprint density at radius 1 is 1.08 bits per heavy atom. The van der Waals surface area contributed by atoms with E-state index in [-0.39, 0.29) is 18.9 Å². The van der Waals surface area contributed by atoms with E-state index in [9.17, 15) is 9.59 Å². The normalized spacial score (nSPS) is 10.1. The maximum atomic E-state index is 11.7. The maximum absolute atomic E-state index is 11.7. The highest BCUT2D eigenvalue weighted by molar-refractivity contribution is 6.31. The van der Waals surface area contributed by atoms with Crippen LogP contribution in [0.15, 0.2) is 48.5 Å². The zero-order valence-electron chi connectivity index (χ0n) is 13.3. The summed E-state index contributed by atoms with van der Waals surface area (Å²) in [5.41, 5.74) is 1.59. The highest BCUT2D eigenvalue weighted by Gasteiger charge is 2.10. The molecule has 1 amide bonds. The fourth-order valence-electron chi connectivity index (χ4n) is 1.99. The van der Waals surface area contributed by atoms with Crippen LogP contribution in [0.3, 0.4) is 0 Å². The van der Waals surface area contributed by atoms with Crippen molar-refractivity contribution in [2.45, 2.75) is 13.0 Å². The first-order valence-corrected chi connectivity index (χ1v) is 7.75. The second-order valence-electron chi connectivity index (χ2n) is 5.05. The molecule has 0 fully saturated rings. The van der Waals surface area contributed by atoms with E-state index in [1.54, 1.807) is 31.4 Å². The Balaban J connectivity index is 1.72. The summed E-state index contributed by atoms with van der Waals surface area (Å²) in [6.07, 6.45) is 0.0332. The number of esters is 1. The number of hydrogen-bond acceptors (Lipinski definition) is 4. The van der Waals surface area contributed by atoms with Gasteiger partial charge in [0.15, 0.2) is 6.61 Å². The molecule has 0 bridgehead atoms. The lowest BCUT2D eigenvalue weighted by Crippen LogP contribution is -2.28. The lowest BCUT2D eigenvalue weighted by Gasteiger charge is -2.08. The van der Waals surface area contributed by atoms with E-state index in [1.165, 1.54) is 0 Å². The SMILES string of the molecule is COc1ccc(CNC(=O)COC(=O)Cc2ccccc2Cl)cc1. The van der Waals surface area contributed by atoms with Crippen LogP contribution in [0, 0.1) is 0 Å². The van der Waals surface area contributed by atoms with Crippen molar-refractivity contribution in [1.29, 1.82) is 0 Å². The number of methoxy groups -OCH3 is 1. The van der Waals surface area contributed by atoms with E-state index < -0.39 is 5.97 Å². The average molecular weight is 348 g/mol. The third-order valence-corrected chi connectivity index (χ3v) is 3.67. The topological polar surface area (TPSA) is 64.6 Å². The summed E-state index contributed by atoms with van der Waals surface area (Å²) in [5.74, 6) is -0.111. The van der Waals surface area contributed by atoms with Gasteiger partial charge in [0.05, 0.1) is 13.5 Å². The molecule has 0 unspecified atom stereocenters. The summed E-state index contributed by atoms with van der Waals surface area (Å²) in [6.45, 7) is 0.0321. The molecule has 126 valence electrons. The molecule has 0 spiro atoms. The van der Waals surface area contributed by atoms with Gasteiger partial charge in [0, 0.05) is 11.6 Å². The van der Waals surface area contributed by atoms with Gasteiger partial charge in [-0.2, -0.15) is 0 Å². The number of carbonyl (C=O) groups is 2. The van der Waals surface area contributed by atoms with Crippen LogP contribution in [0.25, 0.3) is 0 Å². The molecule has 0 heterocycles. The van der Waals surface area contributed by atoms with E-state index >= 15 is 0 Å². The molecular formula is C18H18ClNO4. The number of carbonyl (C=O) groups excluding carboxylic acids is 2. The number of rotatable bonds is 7. The van der Waals surface area contributed by atoms with Crippen LogP contribution in [0.4, 0.5) is 0 Å². The minimum atomic E-state index is -0.498. The van der Waals surface area contributed by atoms with Crippen LogP contribution < -0.4 is 10.1 Å². The van der Waals surface area contributed by atoms with Gasteiger partial charge in [-0.1, -0.05) is 41.9 Å². The Kier molecular flexibility index (Phi) is 6.63. The number of amides is 1. The largest absolute Gasteiger partial charge is 0.497 e. The second kappa shape index (κ2) is 8.93. The summed E-state index contributed by atoms with van der Waals surface area (Å²) < 4.78 is 10.0. The van der Waals surface area contributed by atoms with Crippen LogP contribution in [-0.4, -0.2) is 25.6 Å². The molecule has 0 aliphatic carbocycles. The van der Waals surface area contributed by atoms with Gasteiger partial charge < -0.3 is 14.8 Å². The molecule has 2 rings (SSSR count). The van der Waals surface area contributed by atoms with Gasteiger partial charge in [-0.25, -0.2) is 0 Å². The predicted molar refractivity (Wildman–Crippen MR) is 91.0 cm³/mol. The van der Waals surface area contributed by atoms with Crippen molar-refractivity contribution in [3.8, 4) is 5.75 Å². The van der Waals surface area contributed by atoms with Crippen LogP contribution in [0.5, 0.6) is 5.75 Å². The molecule has 0 radical (unpaired) electrons. The highest BCUT2D eigenvalue weighted by atomic mass is 35.5. The number of hydrogen-bond donors (Lipinski definition) is 1. The summed E-state index contributed by atoms with van der Waals surface area (Å²) >= 11 is 5.97. The fourth-order valence-corrected chi connectivity index (χ4v) is 2.19. The molecule has 0 aliphatic heterocycles. The number of ether oxygens (including phenoxy) is 2. The third kappa shape index (κ3) is 5.59. The number of benzene rings is 2. The van der Waals surface area contributed by atoms with Crippen molar-refractivity contribution in [2.75, 3.05) is 13.7 Å². The molecule has 0 atom stereocenters. The van der Waals surface area contributed by atoms with Gasteiger partial charge in [-0.05, 0) is 29.3 Å². The van der Waals surface area contributed by atoms with Crippen molar-refractivity contribution in [1.82, 2.24) is 5.32 Å². The van der Waals surface area contributed by atoms with Gasteiger partial charge in [0.1, 0.15) is 5.75 Å². The molecular weight excluding hydrogens is 330 g/mol. The van der Waals surface area contributed by atoms with Crippen LogP contribution in [-0.2, 0) is 27.3 Å². The minimum Gasteiger partial charge on any atom is -0.497 e. The molecule has 2 aromatic rings. The molecule has 5 nitrogen and oxygen atoms in total. The first-order valence-electron chi connectivity index (χ1n) is 7.37. The number of nitrogens with one attached hydrogen (secondary N) is 1. The minimum absolute atomic E-state index is 0.0332. The summed E-state index contributed by atoms with van der Waals surface area (Å²) in [6, 6.07) is 14.3. The highest BCUT2D eigenvalue weighted by Crippen LogP contribution is 2.15. The maximum Gasteiger partial charge on any atom is 0.310 e. The van der Waals surface area contributed by atoms with Gasteiger partial charge in [0.2, 0.25) is 0 Å². The molecule has 0 saturated carbocycles. The van der Waals surface area contributed by atoms with E-state index in [1.807, 2.05) is 24.3 Å². The zero-order chi connectivity index (χ0) is 17.4. The Hall–Kier alpha value is -2.53. The summed E-state index contributed by atoms with van der Waals surface area (Å²) in [5, 5.41) is 3.18. The van der Waals surface area contributed by atoms with Gasteiger partial charge in [-0.3, -0.25) is 9.59 Å². The first kappa shape index (κ1) is 17.8. The molecule has 2 aromatic carbocycles. The van der Waals surface area contributed by atoms with E-state index in [2.05, 4.69) is 5.32 Å². The quantitative estimate of drug-likeness (QED) is 0.782. The van der Waals surface area contributed by atoms with E-state index in [0.717, 1.165) is 11.3 Å². The van der Waals surface area contributed by atoms with E-state index in [0.29, 0.717) is 17.1 Å². The van der Waals surface area contributed by atoms with Crippen molar-refractivity contribution < 1.29 is 19.1 Å². The van der Waals surface area contributed by atoms with Gasteiger partial charge >= 0.3 is 5.97 Å². The molecule has 1 N–H and O–H groups in total. The molecule has 0 aliphatic rings. The Morgan fingerprint density at radius 3 is 2.46 bits per heavy atom. The van der Waals surface area contributed by atoms with Crippen molar-refractivity contribution >= 4 is 23.5 Å². The Labute approximate surface area is 145 Å². The summed E-state index contributed by atoms with van der Waals surface area (Å²) in [7, 11) is 1.59. The first-order chi connectivity index (χ1) is 11.6. The zero-order valence-corrected chi connectivity index (χ0v) is 14.0. The second-order valence-corrected chi connectivity index (χ2v) is 5.46. The van der Waals surface area contributed by atoms with Crippen LogP contribution >= 0.6 is 11.6 Å². The third-order valence-electron chi connectivity index (χ3n) is 3.31. The monoisotopic (exact) mass is 347 g/mol.